The molecular weight excluding hydrogens is 462 g/mol. The summed E-state index contributed by atoms with van der Waals surface area (Å²) in [6.07, 6.45) is 1.41. The Kier molecular flexibility index (Phi) is 6.66. The van der Waals surface area contributed by atoms with Crippen LogP contribution in [-0.4, -0.2) is 29.4 Å². The van der Waals surface area contributed by atoms with E-state index in [0.717, 1.165) is 28.2 Å². The molecule has 4 rings (SSSR count). The highest BCUT2D eigenvalue weighted by molar-refractivity contribution is 7.19. The molecule has 0 aliphatic rings. The fourth-order valence-corrected chi connectivity index (χ4v) is 4.84. The van der Waals surface area contributed by atoms with Crippen molar-refractivity contribution in [3.8, 4) is 11.3 Å². The molecule has 2 amide bonds. The van der Waals surface area contributed by atoms with E-state index in [0.29, 0.717) is 26.0 Å². The van der Waals surface area contributed by atoms with Crippen molar-refractivity contribution in [2.75, 3.05) is 17.2 Å². The first-order valence-corrected chi connectivity index (χ1v) is 11.6. The topological polar surface area (TPSA) is 111 Å². The summed E-state index contributed by atoms with van der Waals surface area (Å²) in [5.41, 5.74) is 1.88. The number of rotatable bonds is 7. The van der Waals surface area contributed by atoms with Crippen LogP contribution in [-0.2, 0) is 4.74 Å². The molecule has 0 aliphatic carbocycles. The predicted octanol–water partition coefficient (Wildman–Crippen LogP) is 5.45. The van der Waals surface area contributed by atoms with Crippen molar-refractivity contribution in [2.24, 2.45) is 0 Å². The van der Waals surface area contributed by atoms with Gasteiger partial charge in [-0.1, -0.05) is 41.7 Å². The predicted molar refractivity (Wildman–Crippen MR) is 127 cm³/mol. The number of ether oxygens (including phenoxy) is 1. The van der Waals surface area contributed by atoms with Gasteiger partial charge in [0.2, 0.25) is 0 Å². The van der Waals surface area contributed by atoms with Crippen LogP contribution in [0.3, 0.4) is 0 Å². The molecule has 3 aromatic heterocycles. The molecule has 1 aromatic carbocycles. The summed E-state index contributed by atoms with van der Waals surface area (Å²) in [6, 6.07) is 14.1. The number of hydrogen-bond donors (Lipinski definition) is 2. The Morgan fingerprint density at radius 1 is 1.00 bits per heavy atom. The summed E-state index contributed by atoms with van der Waals surface area (Å²) in [4.78, 5) is 42.8. The third-order valence-electron chi connectivity index (χ3n) is 4.46. The largest absolute Gasteiger partial charge is 0.462 e. The summed E-state index contributed by atoms with van der Waals surface area (Å²) in [7, 11) is 0. The van der Waals surface area contributed by atoms with E-state index in [1.165, 1.54) is 6.26 Å². The van der Waals surface area contributed by atoms with E-state index in [9.17, 15) is 14.4 Å². The van der Waals surface area contributed by atoms with Crippen molar-refractivity contribution in [2.45, 2.75) is 13.8 Å². The maximum Gasteiger partial charge on any atom is 0.350 e. The third-order valence-corrected chi connectivity index (χ3v) is 6.56. The van der Waals surface area contributed by atoms with E-state index >= 15 is 0 Å². The second-order valence-electron chi connectivity index (χ2n) is 6.79. The summed E-state index contributed by atoms with van der Waals surface area (Å²) < 4.78 is 10.2. The summed E-state index contributed by atoms with van der Waals surface area (Å²) in [5, 5.41) is 6.26. The van der Waals surface area contributed by atoms with Crippen molar-refractivity contribution in [1.29, 1.82) is 0 Å². The molecule has 10 heteroatoms. The summed E-state index contributed by atoms with van der Waals surface area (Å²) in [5.74, 6) is -1.11. The van der Waals surface area contributed by atoms with Crippen molar-refractivity contribution in [3.05, 3.63) is 75.9 Å². The van der Waals surface area contributed by atoms with Gasteiger partial charge in [0.15, 0.2) is 10.9 Å². The van der Waals surface area contributed by atoms with Crippen LogP contribution in [0.4, 0.5) is 10.1 Å². The third kappa shape index (κ3) is 5.02. The Morgan fingerprint density at radius 2 is 1.79 bits per heavy atom. The van der Waals surface area contributed by atoms with E-state index in [2.05, 4.69) is 15.6 Å². The number of thiophene rings is 1. The number of nitrogens with zero attached hydrogens (tertiary/aromatic N) is 1. The van der Waals surface area contributed by atoms with Gasteiger partial charge < -0.3 is 14.5 Å². The quantitative estimate of drug-likeness (QED) is 0.339. The number of aryl methyl sites for hydroxylation is 1. The Hall–Kier alpha value is -3.76. The Balaban J connectivity index is 1.55. The van der Waals surface area contributed by atoms with Crippen LogP contribution in [0.1, 0.15) is 42.4 Å². The minimum absolute atomic E-state index is 0.176. The zero-order chi connectivity index (χ0) is 23.4. The molecule has 0 saturated heterocycles. The van der Waals surface area contributed by atoms with Crippen LogP contribution in [0.25, 0.3) is 11.3 Å². The molecule has 0 fully saturated rings. The lowest BCUT2D eigenvalue weighted by Crippen LogP contribution is -2.11. The van der Waals surface area contributed by atoms with Gasteiger partial charge in [0.05, 0.1) is 28.4 Å². The van der Waals surface area contributed by atoms with Crippen LogP contribution in [0, 0.1) is 6.92 Å². The van der Waals surface area contributed by atoms with Gasteiger partial charge in [0.1, 0.15) is 4.88 Å². The van der Waals surface area contributed by atoms with E-state index in [4.69, 9.17) is 9.15 Å². The normalized spacial score (nSPS) is 10.6. The average molecular weight is 482 g/mol. The van der Waals surface area contributed by atoms with Crippen LogP contribution >= 0.6 is 22.7 Å². The standard InChI is InChI=1S/C23H19N3O5S2/c1-3-30-22(29)19-17(14-8-5-4-6-9-14)25-23(33-19)26-21(28)18-13(2)12-16(32-18)24-20(27)15-10-7-11-31-15/h4-12H,3H2,1-2H3,(H,24,27)(H,25,26,28). The molecule has 3 heterocycles. The maximum absolute atomic E-state index is 12.9. The summed E-state index contributed by atoms with van der Waals surface area (Å²) >= 11 is 2.19. The molecule has 0 aliphatic heterocycles. The molecule has 8 nitrogen and oxygen atoms in total. The first kappa shape index (κ1) is 22.4. The smallest absolute Gasteiger partial charge is 0.350 e. The SMILES string of the molecule is CCOC(=O)c1sc(NC(=O)c2sc(NC(=O)c3ccco3)cc2C)nc1-c1ccccc1. The highest BCUT2D eigenvalue weighted by Crippen LogP contribution is 2.33. The number of thiazole rings is 1. The Labute approximate surface area is 197 Å². The van der Waals surface area contributed by atoms with E-state index in [-0.39, 0.29) is 23.4 Å². The number of benzene rings is 1. The van der Waals surface area contributed by atoms with Gasteiger partial charge in [-0.15, -0.1) is 11.3 Å². The van der Waals surface area contributed by atoms with Gasteiger partial charge in [-0.2, -0.15) is 0 Å². The molecule has 0 atom stereocenters. The van der Waals surface area contributed by atoms with Gasteiger partial charge in [0.25, 0.3) is 11.8 Å². The van der Waals surface area contributed by atoms with E-state index in [1.54, 1.807) is 32.0 Å². The van der Waals surface area contributed by atoms with Crippen LogP contribution in [0.2, 0.25) is 0 Å². The van der Waals surface area contributed by atoms with Crippen LogP contribution < -0.4 is 10.6 Å². The fraction of sp³-hybridized carbons (Fsp3) is 0.130. The molecule has 0 bridgehead atoms. The molecule has 33 heavy (non-hydrogen) atoms. The molecule has 4 aromatic rings. The number of carbonyl (C=O) groups is 3. The number of anilines is 2. The van der Waals surface area contributed by atoms with Crippen molar-refractivity contribution < 1.29 is 23.5 Å². The highest BCUT2D eigenvalue weighted by atomic mass is 32.1. The molecule has 0 saturated carbocycles. The average Bonchev–Trinajstić information content (AvgIpc) is 3.54. The second kappa shape index (κ2) is 9.80. The zero-order valence-corrected chi connectivity index (χ0v) is 19.3. The first-order chi connectivity index (χ1) is 16.0. The van der Waals surface area contributed by atoms with Gasteiger partial charge in [-0.3, -0.25) is 14.9 Å². The molecule has 0 radical (unpaired) electrons. The molecular formula is C23H19N3O5S2. The van der Waals surface area contributed by atoms with Gasteiger partial charge in [-0.05, 0) is 37.6 Å². The number of hydrogen-bond acceptors (Lipinski definition) is 8. The number of furan rings is 1. The number of esters is 1. The fourth-order valence-electron chi connectivity index (χ4n) is 3.00. The monoisotopic (exact) mass is 481 g/mol. The maximum atomic E-state index is 12.9. The van der Waals surface area contributed by atoms with Gasteiger partial charge >= 0.3 is 5.97 Å². The molecule has 0 unspecified atom stereocenters. The van der Waals surface area contributed by atoms with Gasteiger partial charge in [-0.25, -0.2) is 9.78 Å². The highest BCUT2D eigenvalue weighted by Gasteiger charge is 2.23. The lowest BCUT2D eigenvalue weighted by Gasteiger charge is -2.01. The van der Waals surface area contributed by atoms with E-state index in [1.807, 2.05) is 30.3 Å². The second-order valence-corrected chi connectivity index (χ2v) is 8.84. The molecule has 0 spiro atoms. The van der Waals surface area contributed by atoms with Crippen LogP contribution in [0.5, 0.6) is 0 Å². The number of aromatic nitrogens is 1. The van der Waals surface area contributed by atoms with Crippen molar-refractivity contribution in [3.63, 3.8) is 0 Å². The van der Waals surface area contributed by atoms with Crippen molar-refractivity contribution >= 4 is 50.6 Å². The summed E-state index contributed by atoms with van der Waals surface area (Å²) in [6.45, 7) is 3.73. The van der Waals surface area contributed by atoms with Crippen LogP contribution in [0.15, 0.2) is 59.2 Å². The number of nitrogens with one attached hydrogen (secondary N) is 2. The Morgan fingerprint density at radius 3 is 2.48 bits per heavy atom. The zero-order valence-electron chi connectivity index (χ0n) is 17.7. The van der Waals surface area contributed by atoms with E-state index < -0.39 is 11.9 Å². The lowest BCUT2D eigenvalue weighted by molar-refractivity contribution is 0.0532. The molecule has 2 N–H and O–H groups in total. The molecule has 168 valence electrons. The first-order valence-electron chi connectivity index (χ1n) is 9.96. The minimum Gasteiger partial charge on any atom is -0.462 e. The van der Waals surface area contributed by atoms with Gasteiger partial charge in [0, 0.05) is 5.56 Å². The lowest BCUT2D eigenvalue weighted by atomic mass is 10.1. The Bertz CT molecular complexity index is 1290. The van der Waals surface area contributed by atoms with Crippen molar-refractivity contribution in [1.82, 2.24) is 4.98 Å². The number of carbonyl (C=O) groups excluding carboxylic acids is 3. The number of amides is 2. The minimum atomic E-state index is -0.496.